The third-order valence-electron chi connectivity index (χ3n) is 6.48. The van der Waals surface area contributed by atoms with Crippen molar-refractivity contribution in [2.24, 2.45) is 11.3 Å². The van der Waals surface area contributed by atoms with Gasteiger partial charge in [0.25, 0.3) is 0 Å². The Balaban J connectivity index is 1.44. The highest BCUT2D eigenvalue weighted by molar-refractivity contribution is 5.83. The number of aromatic nitrogens is 1. The number of likely N-dealkylation sites (tertiary alicyclic amines) is 1. The number of pyridine rings is 1. The normalized spacial score (nSPS) is 21.8. The third-order valence-corrected chi connectivity index (χ3v) is 6.48. The zero-order chi connectivity index (χ0) is 20.1. The summed E-state index contributed by atoms with van der Waals surface area (Å²) in [4.78, 5) is 19.7. The van der Waals surface area contributed by atoms with Crippen LogP contribution >= 0.6 is 0 Å². The second-order valence-corrected chi connectivity index (χ2v) is 8.63. The zero-order valence-electron chi connectivity index (χ0n) is 17.3. The molecule has 2 aliphatic rings. The molecule has 2 saturated heterocycles. The largest absolute Gasteiger partial charge is 0.381 e. The molecule has 0 aliphatic carbocycles. The Kier molecular flexibility index (Phi) is 6.26. The van der Waals surface area contributed by atoms with E-state index in [4.69, 9.17) is 4.74 Å². The predicted molar refractivity (Wildman–Crippen MR) is 114 cm³/mol. The van der Waals surface area contributed by atoms with Gasteiger partial charge in [-0.3, -0.25) is 9.78 Å². The molecule has 2 fully saturated rings. The van der Waals surface area contributed by atoms with Gasteiger partial charge in [0, 0.05) is 38.7 Å². The van der Waals surface area contributed by atoms with Crippen molar-refractivity contribution in [2.75, 3.05) is 39.9 Å². The van der Waals surface area contributed by atoms with Gasteiger partial charge in [-0.1, -0.05) is 24.3 Å². The molecule has 4 rings (SSSR count). The van der Waals surface area contributed by atoms with Crippen molar-refractivity contribution in [1.82, 2.24) is 15.2 Å². The maximum Gasteiger partial charge on any atom is 0.226 e. The van der Waals surface area contributed by atoms with Crippen LogP contribution in [0, 0.1) is 11.3 Å². The van der Waals surface area contributed by atoms with Crippen LogP contribution in [0.3, 0.4) is 0 Å². The molecule has 1 atom stereocenters. The summed E-state index contributed by atoms with van der Waals surface area (Å²) in [6.45, 7) is 4.31. The molecular formula is C24H31N3O2. The van der Waals surface area contributed by atoms with Crippen molar-refractivity contribution in [3.05, 3.63) is 54.4 Å². The molecule has 0 saturated carbocycles. The van der Waals surface area contributed by atoms with Crippen LogP contribution in [0.2, 0.25) is 0 Å². The Morgan fingerprint density at radius 3 is 2.48 bits per heavy atom. The summed E-state index contributed by atoms with van der Waals surface area (Å²) in [6.07, 6.45) is 7.14. The second-order valence-electron chi connectivity index (χ2n) is 8.63. The molecule has 2 aliphatic heterocycles. The summed E-state index contributed by atoms with van der Waals surface area (Å²) in [5.74, 6) is 0.772. The first kappa shape index (κ1) is 20.0. The van der Waals surface area contributed by atoms with E-state index in [9.17, 15) is 4.79 Å². The predicted octanol–water partition coefficient (Wildman–Crippen LogP) is 3.16. The molecule has 1 amide bonds. The van der Waals surface area contributed by atoms with Gasteiger partial charge in [-0.05, 0) is 74.0 Å². The average molecular weight is 394 g/mol. The molecule has 5 heteroatoms. The number of carbonyl (C=O) groups excluding carboxylic acids is 1. The topological polar surface area (TPSA) is 54.5 Å². The Labute approximate surface area is 173 Å². The molecule has 0 bridgehead atoms. The van der Waals surface area contributed by atoms with Crippen molar-refractivity contribution >= 4 is 5.91 Å². The van der Waals surface area contributed by atoms with Gasteiger partial charge in [-0.2, -0.15) is 0 Å². The summed E-state index contributed by atoms with van der Waals surface area (Å²) in [7, 11) is 2.15. The minimum atomic E-state index is -0.360. The van der Waals surface area contributed by atoms with Crippen LogP contribution in [0.4, 0.5) is 0 Å². The lowest BCUT2D eigenvalue weighted by Crippen LogP contribution is -2.47. The molecule has 0 radical (unpaired) electrons. The van der Waals surface area contributed by atoms with Gasteiger partial charge in [-0.15, -0.1) is 0 Å². The summed E-state index contributed by atoms with van der Waals surface area (Å²) < 4.78 is 5.59. The van der Waals surface area contributed by atoms with Crippen molar-refractivity contribution in [1.29, 1.82) is 0 Å². The van der Waals surface area contributed by atoms with Crippen LogP contribution in [0.25, 0.3) is 11.1 Å². The van der Waals surface area contributed by atoms with Gasteiger partial charge in [-0.25, -0.2) is 0 Å². The summed E-state index contributed by atoms with van der Waals surface area (Å²) in [5.41, 5.74) is 3.18. The van der Waals surface area contributed by atoms with Crippen LogP contribution in [-0.2, 0) is 16.0 Å². The Morgan fingerprint density at radius 2 is 1.83 bits per heavy atom. The molecule has 1 aromatic carbocycles. The van der Waals surface area contributed by atoms with Gasteiger partial charge in [0.15, 0.2) is 0 Å². The summed E-state index contributed by atoms with van der Waals surface area (Å²) in [6, 6.07) is 12.6. The van der Waals surface area contributed by atoms with Crippen LogP contribution in [0.1, 0.15) is 24.8 Å². The Hall–Kier alpha value is -2.24. The van der Waals surface area contributed by atoms with Gasteiger partial charge in [0.2, 0.25) is 5.91 Å². The van der Waals surface area contributed by atoms with Crippen molar-refractivity contribution in [2.45, 2.75) is 25.7 Å². The molecule has 0 unspecified atom stereocenters. The maximum atomic E-state index is 13.3. The van der Waals surface area contributed by atoms with Gasteiger partial charge in [0.1, 0.15) is 0 Å². The van der Waals surface area contributed by atoms with E-state index in [0.29, 0.717) is 19.1 Å². The summed E-state index contributed by atoms with van der Waals surface area (Å²) >= 11 is 0. The molecule has 0 spiro atoms. The number of nitrogens with zero attached hydrogens (tertiary/aromatic N) is 2. The molecule has 1 aromatic heterocycles. The van der Waals surface area contributed by atoms with Crippen LogP contribution < -0.4 is 5.32 Å². The maximum absolute atomic E-state index is 13.3. The van der Waals surface area contributed by atoms with E-state index in [2.05, 4.69) is 46.5 Å². The van der Waals surface area contributed by atoms with Crippen LogP contribution in [0.5, 0.6) is 0 Å². The fourth-order valence-corrected chi connectivity index (χ4v) is 4.61. The van der Waals surface area contributed by atoms with Crippen molar-refractivity contribution < 1.29 is 9.53 Å². The number of rotatable bonds is 6. The highest BCUT2D eigenvalue weighted by Crippen LogP contribution is 2.35. The number of ether oxygens (including phenoxy) is 1. The van der Waals surface area contributed by atoms with E-state index >= 15 is 0 Å². The monoisotopic (exact) mass is 393 g/mol. The molecular weight excluding hydrogens is 362 g/mol. The first-order valence-corrected chi connectivity index (χ1v) is 10.7. The smallest absolute Gasteiger partial charge is 0.226 e. The van der Waals surface area contributed by atoms with E-state index in [1.54, 1.807) is 0 Å². The minimum Gasteiger partial charge on any atom is -0.381 e. The van der Waals surface area contributed by atoms with Crippen LogP contribution in [-0.4, -0.2) is 55.7 Å². The number of hydrogen-bond acceptors (Lipinski definition) is 4. The molecule has 1 N–H and O–H groups in total. The highest BCUT2D eigenvalue weighted by Gasteiger charge is 2.40. The second kappa shape index (κ2) is 9.06. The van der Waals surface area contributed by atoms with Gasteiger partial charge >= 0.3 is 0 Å². The molecule has 5 nitrogen and oxygen atoms in total. The lowest BCUT2D eigenvalue weighted by Gasteiger charge is -2.36. The van der Waals surface area contributed by atoms with Crippen LogP contribution in [0.15, 0.2) is 48.8 Å². The number of hydrogen-bond donors (Lipinski definition) is 1. The van der Waals surface area contributed by atoms with E-state index in [-0.39, 0.29) is 11.3 Å². The third kappa shape index (κ3) is 4.85. The quantitative estimate of drug-likeness (QED) is 0.819. The van der Waals surface area contributed by atoms with E-state index < -0.39 is 0 Å². The molecule has 29 heavy (non-hydrogen) atoms. The van der Waals surface area contributed by atoms with Crippen molar-refractivity contribution in [3.63, 3.8) is 0 Å². The number of amides is 1. The molecule has 154 valence electrons. The fourth-order valence-electron chi connectivity index (χ4n) is 4.61. The highest BCUT2D eigenvalue weighted by atomic mass is 16.5. The SMILES string of the molecule is CN1CC[C@@H](CNC(=O)C2(Cc3ccc(-c4ccncc4)cc3)CCOCC2)C1. The van der Waals surface area contributed by atoms with E-state index in [0.717, 1.165) is 44.5 Å². The fraction of sp³-hybridized carbons (Fsp3) is 0.500. The summed E-state index contributed by atoms with van der Waals surface area (Å²) in [5, 5.41) is 3.29. The van der Waals surface area contributed by atoms with Gasteiger partial charge in [0.05, 0.1) is 5.41 Å². The molecule has 3 heterocycles. The lowest BCUT2D eigenvalue weighted by molar-refractivity contribution is -0.136. The van der Waals surface area contributed by atoms with Gasteiger partial charge < -0.3 is 15.0 Å². The molecule has 2 aromatic rings. The average Bonchev–Trinajstić information content (AvgIpc) is 3.19. The first-order chi connectivity index (χ1) is 14.1. The van der Waals surface area contributed by atoms with E-state index in [1.807, 2.05) is 24.5 Å². The van der Waals surface area contributed by atoms with E-state index in [1.165, 1.54) is 17.5 Å². The lowest BCUT2D eigenvalue weighted by atomic mass is 9.74. The standard InChI is InChI=1S/C24H31N3O2/c1-27-13-8-20(18-27)17-26-23(28)24(9-14-29-15-10-24)16-19-2-4-21(5-3-19)22-6-11-25-12-7-22/h2-7,11-12,20H,8-10,13-18H2,1H3,(H,26,28)/t20-/m0/s1. The Morgan fingerprint density at radius 1 is 1.14 bits per heavy atom. The minimum absolute atomic E-state index is 0.202. The number of nitrogens with one attached hydrogen (secondary N) is 1. The number of carbonyl (C=O) groups is 1. The Bertz CT molecular complexity index is 801. The first-order valence-electron chi connectivity index (χ1n) is 10.7. The number of benzene rings is 1. The van der Waals surface area contributed by atoms with Crippen molar-refractivity contribution in [3.8, 4) is 11.1 Å². The zero-order valence-corrected chi connectivity index (χ0v) is 17.3.